The lowest BCUT2D eigenvalue weighted by atomic mass is 10.3. The third-order valence-electron chi connectivity index (χ3n) is 4.07. The van der Waals surface area contributed by atoms with Gasteiger partial charge in [-0.15, -0.1) is 0 Å². The van der Waals surface area contributed by atoms with E-state index in [2.05, 4.69) is 87.1 Å². The molecule has 42 heavy (non-hydrogen) atoms. The SMILES string of the molecule is C.COC(=O)c1c(Br)cc(Cl)nc1Cl.C[Si](C)(C)COC(=O)c1c(Br)cc(Cl)nc1Cl.O=Cc1c(Br)cc(Cl)nc1Cl. The number of esters is 2. The zero-order valence-corrected chi connectivity index (χ0v) is 31.6. The largest absolute Gasteiger partial charge is 0.466 e. The van der Waals surface area contributed by atoms with E-state index < -0.39 is 20.0 Å². The minimum absolute atomic E-state index is 0. The first-order valence-electron chi connectivity index (χ1n) is 10.7. The topological polar surface area (TPSA) is 108 Å². The van der Waals surface area contributed by atoms with Crippen LogP contribution in [0.2, 0.25) is 50.6 Å². The van der Waals surface area contributed by atoms with Crippen LogP contribution in [0.15, 0.2) is 31.6 Å². The molecule has 0 unspecified atom stereocenters. The van der Waals surface area contributed by atoms with Crippen molar-refractivity contribution < 1.29 is 23.9 Å². The molecule has 18 heteroatoms. The van der Waals surface area contributed by atoms with Gasteiger partial charge >= 0.3 is 11.9 Å². The van der Waals surface area contributed by atoms with Crippen molar-refractivity contribution in [1.82, 2.24) is 15.0 Å². The highest BCUT2D eigenvalue weighted by molar-refractivity contribution is 9.11. The molecular weight excluding hydrogens is 891 g/mol. The van der Waals surface area contributed by atoms with Gasteiger partial charge in [0.2, 0.25) is 0 Å². The fourth-order valence-corrected chi connectivity index (χ4v) is 6.73. The van der Waals surface area contributed by atoms with Gasteiger partial charge in [0.15, 0.2) is 6.29 Å². The van der Waals surface area contributed by atoms with Gasteiger partial charge in [-0.2, -0.15) is 0 Å². The van der Waals surface area contributed by atoms with Crippen LogP contribution >= 0.6 is 117 Å². The molecule has 0 amide bonds. The first-order valence-corrected chi connectivity index (χ1v) is 19.0. The van der Waals surface area contributed by atoms with E-state index in [-0.39, 0.29) is 49.5 Å². The molecule has 230 valence electrons. The fraction of sp³-hybridized carbons (Fsp3) is 0.250. The predicted molar refractivity (Wildman–Crippen MR) is 183 cm³/mol. The van der Waals surface area contributed by atoms with E-state index in [0.717, 1.165) is 0 Å². The number of halogens is 9. The molecule has 3 rings (SSSR count). The molecule has 0 spiro atoms. The van der Waals surface area contributed by atoms with Crippen LogP contribution in [0.4, 0.5) is 0 Å². The van der Waals surface area contributed by atoms with Crippen LogP contribution in [0.3, 0.4) is 0 Å². The molecule has 0 atom stereocenters. The molecule has 3 aromatic heterocycles. The van der Waals surface area contributed by atoms with Gasteiger partial charge in [0.05, 0.1) is 27.0 Å². The maximum absolute atomic E-state index is 11.8. The number of hydrogen-bond donors (Lipinski definition) is 0. The molecule has 0 fully saturated rings. The molecule has 3 heterocycles. The Morgan fingerprint density at radius 2 is 1.14 bits per heavy atom. The lowest BCUT2D eigenvalue weighted by Gasteiger charge is -2.16. The van der Waals surface area contributed by atoms with Crippen molar-refractivity contribution in [2.24, 2.45) is 0 Å². The number of ether oxygens (including phenoxy) is 2. The average molecular weight is 913 g/mol. The molecule has 8 nitrogen and oxygen atoms in total. The number of pyridine rings is 3. The minimum Gasteiger partial charge on any atom is -0.466 e. The zero-order valence-electron chi connectivity index (χ0n) is 21.3. The second kappa shape index (κ2) is 19.1. The molecule has 0 aliphatic carbocycles. The van der Waals surface area contributed by atoms with Crippen molar-refractivity contribution in [3.63, 3.8) is 0 Å². The van der Waals surface area contributed by atoms with Gasteiger partial charge in [-0.25, -0.2) is 24.5 Å². The molecule has 0 aromatic carbocycles. The number of nitrogens with zero attached hydrogens (tertiary/aromatic N) is 3. The summed E-state index contributed by atoms with van der Waals surface area (Å²) in [5, 5.41) is 0.871. The molecule has 0 saturated carbocycles. The summed E-state index contributed by atoms with van der Waals surface area (Å²) in [5.41, 5.74) is 0.707. The Balaban J connectivity index is 0.000000608. The number of aromatic nitrogens is 3. The summed E-state index contributed by atoms with van der Waals surface area (Å²) in [4.78, 5) is 44.5. The zero-order chi connectivity index (χ0) is 31.7. The summed E-state index contributed by atoms with van der Waals surface area (Å²) < 4.78 is 11.2. The number of carbonyl (C=O) groups is 3. The molecule has 0 aliphatic rings. The Bertz CT molecular complexity index is 1380. The maximum atomic E-state index is 11.8. The van der Waals surface area contributed by atoms with E-state index >= 15 is 0 Å². The van der Waals surface area contributed by atoms with E-state index in [1.54, 1.807) is 0 Å². The number of carbonyl (C=O) groups excluding carboxylic acids is 3. The van der Waals surface area contributed by atoms with Crippen molar-refractivity contribution >= 4 is 144 Å². The van der Waals surface area contributed by atoms with Crippen molar-refractivity contribution in [2.45, 2.75) is 27.1 Å². The fourth-order valence-electron chi connectivity index (χ4n) is 2.31. The van der Waals surface area contributed by atoms with E-state index in [1.165, 1.54) is 25.3 Å². The summed E-state index contributed by atoms with van der Waals surface area (Å²) in [7, 11) is -0.183. The van der Waals surface area contributed by atoms with E-state index in [1.807, 2.05) is 0 Å². The van der Waals surface area contributed by atoms with Gasteiger partial charge < -0.3 is 9.47 Å². The minimum atomic E-state index is -1.45. The first kappa shape index (κ1) is 41.5. The van der Waals surface area contributed by atoms with E-state index in [9.17, 15) is 14.4 Å². The Morgan fingerprint density at radius 1 is 0.762 bits per heavy atom. The first-order chi connectivity index (χ1) is 18.9. The van der Waals surface area contributed by atoms with Crippen LogP contribution in [0.1, 0.15) is 38.5 Å². The summed E-state index contributed by atoms with van der Waals surface area (Å²) >= 11 is 43.4. The van der Waals surface area contributed by atoms with Gasteiger partial charge in [0.1, 0.15) is 42.0 Å². The van der Waals surface area contributed by atoms with Crippen molar-refractivity contribution in [1.29, 1.82) is 0 Å². The average Bonchev–Trinajstić information content (AvgIpc) is 2.81. The van der Waals surface area contributed by atoms with Gasteiger partial charge in [-0.3, -0.25) is 4.79 Å². The van der Waals surface area contributed by atoms with E-state index in [4.69, 9.17) is 74.3 Å². The van der Waals surface area contributed by atoms with Crippen molar-refractivity contribution in [3.05, 3.63) is 79.2 Å². The molecule has 3 aromatic rings. The predicted octanol–water partition coefficient (Wildman–Crippen LogP) is 10.7. The van der Waals surface area contributed by atoms with Crippen molar-refractivity contribution in [2.75, 3.05) is 13.3 Å². The number of methoxy groups -OCH3 is 1. The highest BCUT2D eigenvalue weighted by Crippen LogP contribution is 2.28. The Labute approximate surface area is 299 Å². The molecule has 0 bridgehead atoms. The number of hydrogen-bond acceptors (Lipinski definition) is 8. The lowest BCUT2D eigenvalue weighted by Crippen LogP contribution is -2.30. The Kier molecular flexibility index (Phi) is 18.8. The van der Waals surface area contributed by atoms with Crippen LogP contribution in [0, 0.1) is 0 Å². The molecule has 0 saturated heterocycles. The molecule has 0 radical (unpaired) electrons. The normalized spacial score (nSPS) is 10.2. The number of rotatable bonds is 5. The highest BCUT2D eigenvalue weighted by atomic mass is 79.9. The van der Waals surface area contributed by atoms with Gasteiger partial charge in [0.25, 0.3) is 0 Å². The van der Waals surface area contributed by atoms with Gasteiger partial charge in [-0.1, -0.05) is 96.7 Å². The second-order valence-corrected chi connectivity index (χ2v) is 18.8. The summed E-state index contributed by atoms with van der Waals surface area (Å²) in [5.74, 6) is -1.03. The standard InChI is InChI=1S/C10H12BrCl2NO2Si.C7H4BrCl2NO2.C6H2BrCl2NO.CH4/c1-17(2,3)5-16-10(15)8-6(11)4-7(12)14-9(8)13;1-13-7(12)5-3(8)2-4(9)11-6(5)10;7-4-1-5(8)10-6(9)3(4)2-11;/h4H,5H2,1-3H3;2H,1H3;1-2H;1H4. The van der Waals surface area contributed by atoms with Crippen LogP contribution in [-0.4, -0.2) is 54.6 Å². The highest BCUT2D eigenvalue weighted by Gasteiger charge is 2.22. The quantitative estimate of drug-likeness (QED) is 0.108. The summed E-state index contributed by atoms with van der Waals surface area (Å²) in [6, 6.07) is 4.50. The maximum Gasteiger partial charge on any atom is 0.342 e. The summed E-state index contributed by atoms with van der Waals surface area (Å²) in [6.07, 6.45) is 1.06. The van der Waals surface area contributed by atoms with E-state index in [0.29, 0.717) is 31.5 Å². The van der Waals surface area contributed by atoms with Crippen LogP contribution in [0.5, 0.6) is 0 Å². The van der Waals surface area contributed by atoms with Crippen LogP contribution in [0.25, 0.3) is 0 Å². The second-order valence-electron chi connectivity index (χ2n) is 8.56. The third-order valence-corrected chi connectivity index (χ3v) is 8.40. The lowest BCUT2D eigenvalue weighted by molar-refractivity contribution is 0.0561. The Morgan fingerprint density at radius 3 is 1.48 bits per heavy atom. The number of aldehydes is 1. The van der Waals surface area contributed by atoms with Gasteiger partial charge in [-0.05, 0) is 66.0 Å². The molecular formula is C24H22Br3Cl6N3O5Si. The Hall–Kier alpha value is -0.543. The molecule has 0 N–H and O–H groups in total. The van der Waals surface area contributed by atoms with Gasteiger partial charge in [0, 0.05) is 13.4 Å². The molecule has 0 aliphatic heterocycles. The third kappa shape index (κ3) is 13.6. The smallest absolute Gasteiger partial charge is 0.342 e. The van der Waals surface area contributed by atoms with Crippen LogP contribution < -0.4 is 0 Å². The summed E-state index contributed by atoms with van der Waals surface area (Å²) in [6.45, 7) is 6.32. The monoisotopic (exact) mass is 907 g/mol. The van der Waals surface area contributed by atoms with Crippen LogP contribution in [-0.2, 0) is 9.47 Å². The van der Waals surface area contributed by atoms with Crippen molar-refractivity contribution in [3.8, 4) is 0 Å².